The van der Waals surface area contributed by atoms with E-state index in [2.05, 4.69) is 26.4 Å². The molecule has 4 N–H and O–H groups in total. The Balaban J connectivity index is 2.04. The second-order valence-electron chi connectivity index (χ2n) is 4.52. The average molecular weight is 352 g/mol. The predicted molar refractivity (Wildman–Crippen MR) is 83.6 cm³/mol. The highest BCUT2D eigenvalue weighted by Crippen LogP contribution is 2.13. The minimum Gasteiger partial charge on any atom is -0.409 e. The lowest BCUT2D eigenvalue weighted by Gasteiger charge is -2.10. The third-order valence-corrected chi connectivity index (χ3v) is 3.54. The topological polar surface area (TPSA) is 70.6 Å². The molecule has 0 aliphatic carbocycles. The zero-order valence-electron chi connectivity index (χ0n) is 11.2. The summed E-state index contributed by atoms with van der Waals surface area (Å²) in [4.78, 5) is 0. The third-order valence-electron chi connectivity index (χ3n) is 3.01. The van der Waals surface area contributed by atoms with Gasteiger partial charge >= 0.3 is 0 Å². The monoisotopic (exact) mass is 351 g/mol. The van der Waals surface area contributed by atoms with Gasteiger partial charge in [0.1, 0.15) is 5.82 Å². The van der Waals surface area contributed by atoms with Crippen molar-refractivity contribution in [2.75, 3.05) is 0 Å². The van der Waals surface area contributed by atoms with Crippen molar-refractivity contribution in [2.24, 2.45) is 10.9 Å². The summed E-state index contributed by atoms with van der Waals surface area (Å²) in [5, 5.41) is 14.9. The molecule has 4 nitrogen and oxygen atoms in total. The molecule has 6 heteroatoms. The first-order chi connectivity index (χ1) is 10.1. The summed E-state index contributed by atoms with van der Waals surface area (Å²) in [6, 6.07) is 12.2. The van der Waals surface area contributed by atoms with Crippen LogP contribution in [0.1, 0.15) is 16.7 Å². The van der Waals surface area contributed by atoms with Crippen LogP contribution in [0.4, 0.5) is 4.39 Å². The molecular formula is C15H15BrFN3O. The van der Waals surface area contributed by atoms with E-state index in [0.29, 0.717) is 18.7 Å². The maximum atomic E-state index is 13.3. The Labute approximate surface area is 130 Å². The molecular weight excluding hydrogens is 337 g/mol. The van der Waals surface area contributed by atoms with Gasteiger partial charge in [-0.05, 0) is 35.4 Å². The van der Waals surface area contributed by atoms with Gasteiger partial charge in [-0.15, -0.1) is 0 Å². The molecule has 2 aromatic carbocycles. The number of hydrogen-bond donors (Lipinski definition) is 3. The molecule has 21 heavy (non-hydrogen) atoms. The van der Waals surface area contributed by atoms with Crippen molar-refractivity contribution in [1.82, 2.24) is 5.32 Å². The molecule has 0 heterocycles. The van der Waals surface area contributed by atoms with Gasteiger partial charge in [-0.1, -0.05) is 39.3 Å². The van der Waals surface area contributed by atoms with Crippen LogP contribution in [0.2, 0.25) is 0 Å². The van der Waals surface area contributed by atoms with E-state index in [9.17, 15) is 4.39 Å². The van der Waals surface area contributed by atoms with E-state index in [1.54, 1.807) is 6.07 Å². The normalized spacial score (nSPS) is 11.6. The van der Waals surface area contributed by atoms with Gasteiger partial charge in [0.25, 0.3) is 0 Å². The first kappa shape index (κ1) is 15.5. The summed E-state index contributed by atoms with van der Waals surface area (Å²) in [6.45, 7) is 1.15. The standard InChI is InChI=1S/C15H15BrFN3O/c16-12-4-1-10(2-5-12)8-19-9-11-3-6-13(17)7-14(11)15(18)20-21/h1-7,19,21H,8-9H2,(H2,18,20). The number of oxime groups is 1. The lowest BCUT2D eigenvalue weighted by molar-refractivity contribution is 0.318. The number of nitrogens with one attached hydrogen (secondary N) is 1. The first-order valence-electron chi connectivity index (χ1n) is 6.31. The molecule has 0 amide bonds. The molecule has 0 saturated carbocycles. The Kier molecular flexibility index (Phi) is 5.30. The first-order valence-corrected chi connectivity index (χ1v) is 7.11. The molecule has 0 aromatic heterocycles. The fourth-order valence-electron chi connectivity index (χ4n) is 1.94. The van der Waals surface area contributed by atoms with E-state index in [1.807, 2.05) is 24.3 Å². The Bertz CT molecular complexity index is 644. The summed E-state index contributed by atoms with van der Waals surface area (Å²) in [7, 11) is 0. The fraction of sp³-hybridized carbons (Fsp3) is 0.133. The Morgan fingerprint density at radius 3 is 2.57 bits per heavy atom. The number of hydrogen-bond acceptors (Lipinski definition) is 3. The van der Waals surface area contributed by atoms with Gasteiger partial charge in [0, 0.05) is 23.1 Å². The van der Waals surface area contributed by atoms with E-state index in [4.69, 9.17) is 10.9 Å². The summed E-state index contributed by atoms with van der Waals surface area (Å²) in [6.07, 6.45) is 0. The van der Waals surface area contributed by atoms with Crippen LogP contribution in [0.5, 0.6) is 0 Å². The SMILES string of the molecule is NC(=NO)c1cc(F)ccc1CNCc1ccc(Br)cc1. The lowest BCUT2D eigenvalue weighted by Crippen LogP contribution is -2.20. The highest BCUT2D eigenvalue weighted by Gasteiger charge is 2.08. The molecule has 0 atom stereocenters. The van der Waals surface area contributed by atoms with Crippen molar-refractivity contribution < 1.29 is 9.60 Å². The Morgan fingerprint density at radius 2 is 1.90 bits per heavy atom. The second-order valence-corrected chi connectivity index (χ2v) is 5.43. The van der Waals surface area contributed by atoms with Crippen LogP contribution in [0.25, 0.3) is 0 Å². The van der Waals surface area contributed by atoms with Crippen LogP contribution in [-0.4, -0.2) is 11.0 Å². The smallest absolute Gasteiger partial charge is 0.170 e. The van der Waals surface area contributed by atoms with Crippen molar-refractivity contribution in [3.05, 3.63) is 69.4 Å². The maximum absolute atomic E-state index is 13.3. The van der Waals surface area contributed by atoms with Gasteiger partial charge < -0.3 is 16.3 Å². The van der Waals surface area contributed by atoms with E-state index in [1.165, 1.54) is 12.1 Å². The summed E-state index contributed by atoms with van der Waals surface area (Å²) < 4.78 is 14.3. The molecule has 0 saturated heterocycles. The zero-order chi connectivity index (χ0) is 15.2. The van der Waals surface area contributed by atoms with Crippen molar-refractivity contribution in [1.29, 1.82) is 0 Å². The van der Waals surface area contributed by atoms with Gasteiger partial charge in [0.2, 0.25) is 0 Å². The number of nitrogens with zero attached hydrogens (tertiary/aromatic N) is 1. The van der Waals surface area contributed by atoms with E-state index < -0.39 is 5.82 Å². The molecule has 0 bridgehead atoms. The van der Waals surface area contributed by atoms with Crippen molar-refractivity contribution in [2.45, 2.75) is 13.1 Å². The predicted octanol–water partition coefficient (Wildman–Crippen LogP) is 2.97. The Morgan fingerprint density at radius 1 is 1.19 bits per heavy atom. The van der Waals surface area contributed by atoms with Crippen molar-refractivity contribution >= 4 is 21.8 Å². The van der Waals surface area contributed by atoms with Gasteiger partial charge in [0.15, 0.2) is 5.84 Å². The van der Waals surface area contributed by atoms with Crippen molar-refractivity contribution in [3.8, 4) is 0 Å². The molecule has 0 aliphatic heterocycles. The largest absolute Gasteiger partial charge is 0.409 e. The minimum atomic E-state index is -0.423. The summed E-state index contributed by atoms with van der Waals surface area (Å²) >= 11 is 3.38. The molecule has 2 aromatic rings. The molecule has 0 radical (unpaired) electrons. The summed E-state index contributed by atoms with van der Waals surface area (Å²) in [5.74, 6) is -0.525. The maximum Gasteiger partial charge on any atom is 0.170 e. The van der Waals surface area contributed by atoms with Crippen LogP contribution < -0.4 is 11.1 Å². The fourth-order valence-corrected chi connectivity index (χ4v) is 2.20. The third kappa shape index (κ3) is 4.27. The molecule has 110 valence electrons. The minimum absolute atomic E-state index is 0.102. The number of benzene rings is 2. The number of rotatable bonds is 5. The van der Waals surface area contributed by atoms with Gasteiger partial charge in [-0.3, -0.25) is 0 Å². The van der Waals surface area contributed by atoms with Gasteiger partial charge in [-0.2, -0.15) is 0 Å². The van der Waals surface area contributed by atoms with Crippen LogP contribution in [-0.2, 0) is 13.1 Å². The van der Waals surface area contributed by atoms with Crippen molar-refractivity contribution in [3.63, 3.8) is 0 Å². The Hall–Kier alpha value is -1.92. The van der Waals surface area contributed by atoms with E-state index in [-0.39, 0.29) is 5.84 Å². The molecule has 0 fully saturated rings. The van der Waals surface area contributed by atoms with E-state index >= 15 is 0 Å². The second kappa shape index (κ2) is 7.19. The van der Waals surface area contributed by atoms with Crippen LogP contribution in [0.3, 0.4) is 0 Å². The average Bonchev–Trinajstić information content (AvgIpc) is 2.50. The van der Waals surface area contributed by atoms with Crippen LogP contribution >= 0.6 is 15.9 Å². The molecule has 0 aliphatic rings. The highest BCUT2D eigenvalue weighted by molar-refractivity contribution is 9.10. The van der Waals surface area contributed by atoms with Crippen LogP contribution in [0.15, 0.2) is 52.1 Å². The van der Waals surface area contributed by atoms with E-state index in [0.717, 1.165) is 15.6 Å². The van der Waals surface area contributed by atoms with Crippen LogP contribution in [0, 0.1) is 5.82 Å². The zero-order valence-corrected chi connectivity index (χ0v) is 12.8. The number of amidine groups is 1. The number of halogens is 2. The lowest BCUT2D eigenvalue weighted by atomic mass is 10.1. The molecule has 2 rings (SSSR count). The van der Waals surface area contributed by atoms with Gasteiger partial charge in [0.05, 0.1) is 0 Å². The summed E-state index contributed by atoms with van der Waals surface area (Å²) in [5.41, 5.74) is 7.85. The van der Waals surface area contributed by atoms with Gasteiger partial charge in [-0.25, -0.2) is 4.39 Å². The quantitative estimate of drug-likeness (QED) is 0.335. The highest BCUT2D eigenvalue weighted by atomic mass is 79.9. The number of nitrogens with two attached hydrogens (primary N) is 1. The molecule has 0 unspecified atom stereocenters. The molecule has 0 spiro atoms.